The Hall–Kier alpha value is -2.91. The third kappa shape index (κ3) is 4.03. The summed E-state index contributed by atoms with van der Waals surface area (Å²) in [5, 5.41) is 17.2. The van der Waals surface area contributed by atoms with Crippen LogP contribution in [-0.2, 0) is 0 Å². The molecule has 0 aliphatic rings. The summed E-state index contributed by atoms with van der Waals surface area (Å²) in [7, 11) is 0. The van der Waals surface area contributed by atoms with E-state index in [-0.39, 0.29) is 23.9 Å². The van der Waals surface area contributed by atoms with Crippen molar-refractivity contribution in [3.8, 4) is 11.8 Å². The average molecular weight is 283 g/mol. The van der Waals surface area contributed by atoms with E-state index in [0.29, 0.717) is 11.1 Å². The number of aryl methyl sites for hydroxylation is 1. The van der Waals surface area contributed by atoms with E-state index in [1.165, 1.54) is 12.1 Å². The Labute approximate surface area is 120 Å². The number of aliphatic hydroxyl groups is 1. The Morgan fingerprint density at radius 2 is 2.19 bits per heavy atom. The number of aromatic nitrogens is 2. The molecule has 2 rings (SSSR count). The van der Waals surface area contributed by atoms with Crippen LogP contribution in [0, 0.1) is 18.8 Å². The van der Waals surface area contributed by atoms with Crippen molar-refractivity contribution in [1.29, 1.82) is 0 Å². The van der Waals surface area contributed by atoms with Crippen molar-refractivity contribution >= 4 is 11.7 Å². The zero-order valence-electron chi connectivity index (χ0n) is 11.3. The molecule has 0 aliphatic carbocycles. The van der Waals surface area contributed by atoms with E-state index in [1.54, 1.807) is 12.1 Å². The molecule has 106 valence electrons. The third-order valence-corrected chi connectivity index (χ3v) is 2.57. The van der Waals surface area contributed by atoms with Gasteiger partial charge in [0.05, 0.1) is 0 Å². The molecule has 0 saturated carbocycles. The van der Waals surface area contributed by atoms with Gasteiger partial charge in [-0.2, -0.15) is 5.10 Å². The van der Waals surface area contributed by atoms with Gasteiger partial charge in [0.15, 0.2) is 5.82 Å². The minimum Gasteiger partial charge on any atom is -0.384 e. The normalized spacial score (nSPS) is 9.62. The first-order valence-electron chi connectivity index (χ1n) is 6.17. The second-order valence-corrected chi connectivity index (χ2v) is 4.31. The van der Waals surface area contributed by atoms with E-state index >= 15 is 0 Å². The van der Waals surface area contributed by atoms with Gasteiger partial charge in [0.25, 0.3) is 11.5 Å². The molecule has 0 spiro atoms. The molecule has 1 heterocycles. The predicted octanol–water partition coefficient (Wildman–Crippen LogP) is 0.674. The van der Waals surface area contributed by atoms with Crippen molar-refractivity contribution in [2.24, 2.45) is 0 Å². The van der Waals surface area contributed by atoms with Gasteiger partial charge in [-0.15, -0.1) is 0 Å². The maximum absolute atomic E-state index is 12.1. The van der Waals surface area contributed by atoms with Crippen LogP contribution in [-0.4, -0.2) is 27.8 Å². The number of benzene rings is 1. The summed E-state index contributed by atoms with van der Waals surface area (Å²) < 4.78 is 0. The van der Waals surface area contributed by atoms with Crippen molar-refractivity contribution in [3.05, 3.63) is 57.4 Å². The molecular weight excluding hydrogens is 270 g/mol. The van der Waals surface area contributed by atoms with Crippen molar-refractivity contribution in [3.63, 3.8) is 0 Å². The van der Waals surface area contributed by atoms with Crippen LogP contribution in [0.3, 0.4) is 0 Å². The van der Waals surface area contributed by atoms with Gasteiger partial charge in [-0.25, -0.2) is 5.10 Å². The van der Waals surface area contributed by atoms with Crippen LogP contribution < -0.4 is 10.9 Å². The summed E-state index contributed by atoms with van der Waals surface area (Å²) in [4.78, 5) is 23.0. The Kier molecular flexibility index (Phi) is 4.49. The molecule has 3 N–H and O–H groups in total. The van der Waals surface area contributed by atoms with Gasteiger partial charge >= 0.3 is 0 Å². The number of carbonyl (C=O) groups is 1. The summed E-state index contributed by atoms with van der Waals surface area (Å²) in [6.45, 7) is 1.61. The monoisotopic (exact) mass is 283 g/mol. The van der Waals surface area contributed by atoms with E-state index in [1.807, 2.05) is 13.0 Å². The van der Waals surface area contributed by atoms with E-state index in [2.05, 4.69) is 27.4 Å². The number of aliphatic hydroxyl groups excluding tert-OH is 1. The second kappa shape index (κ2) is 6.50. The SMILES string of the molecule is Cc1cc(C#CCO)cc(C(=O)Nc2ccc(=O)[nH]n2)c1. The van der Waals surface area contributed by atoms with Gasteiger partial charge in [-0.05, 0) is 36.8 Å². The molecular formula is C15H13N3O3. The molecule has 0 unspecified atom stereocenters. The number of anilines is 1. The number of rotatable bonds is 2. The number of nitrogens with one attached hydrogen (secondary N) is 2. The minimum absolute atomic E-state index is 0.239. The highest BCUT2D eigenvalue weighted by Crippen LogP contribution is 2.11. The lowest BCUT2D eigenvalue weighted by molar-refractivity contribution is 0.102. The predicted molar refractivity (Wildman–Crippen MR) is 78.0 cm³/mol. The molecule has 21 heavy (non-hydrogen) atoms. The highest BCUT2D eigenvalue weighted by atomic mass is 16.2. The molecule has 6 nitrogen and oxygen atoms in total. The fourth-order valence-corrected chi connectivity index (χ4v) is 1.73. The Morgan fingerprint density at radius 3 is 2.86 bits per heavy atom. The van der Waals surface area contributed by atoms with Crippen molar-refractivity contribution in [2.45, 2.75) is 6.92 Å². The van der Waals surface area contributed by atoms with E-state index in [9.17, 15) is 9.59 Å². The van der Waals surface area contributed by atoms with E-state index in [4.69, 9.17) is 5.11 Å². The van der Waals surface area contributed by atoms with Crippen LogP contribution in [0.5, 0.6) is 0 Å². The molecule has 1 aromatic heterocycles. The fourth-order valence-electron chi connectivity index (χ4n) is 1.73. The third-order valence-electron chi connectivity index (χ3n) is 2.57. The van der Waals surface area contributed by atoms with Crippen LogP contribution in [0.4, 0.5) is 5.82 Å². The number of aromatic amines is 1. The lowest BCUT2D eigenvalue weighted by Gasteiger charge is -2.05. The maximum Gasteiger partial charge on any atom is 0.264 e. The van der Waals surface area contributed by atoms with Gasteiger partial charge in [-0.1, -0.05) is 11.8 Å². The summed E-state index contributed by atoms with van der Waals surface area (Å²) in [6, 6.07) is 7.84. The number of nitrogens with zero attached hydrogens (tertiary/aromatic N) is 1. The quantitative estimate of drug-likeness (QED) is 0.706. The van der Waals surface area contributed by atoms with Crippen LogP contribution in [0.2, 0.25) is 0 Å². The van der Waals surface area contributed by atoms with Gasteiger partial charge in [0.1, 0.15) is 6.61 Å². The number of H-pyrrole nitrogens is 1. The van der Waals surface area contributed by atoms with Crippen molar-refractivity contribution in [1.82, 2.24) is 10.2 Å². The number of carbonyl (C=O) groups excluding carboxylic acids is 1. The van der Waals surface area contributed by atoms with Crippen LogP contribution >= 0.6 is 0 Å². The Bertz CT molecular complexity index is 764. The minimum atomic E-state index is -0.356. The van der Waals surface area contributed by atoms with E-state index < -0.39 is 0 Å². The molecule has 0 atom stereocenters. The van der Waals surface area contributed by atoms with Crippen molar-refractivity contribution in [2.75, 3.05) is 11.9 Å². The molecule has 1 aromatic carbocycles. The molecule has 0 radical (unpaired) electrons. The van der Waals surface area contributed by atoms with Crippen LogP contribution in [0.1, 0.15) is 21.5 Å². The second-order valence-electron chi connectivity index (χ2n) is 4.31. The molecule has 0 fully saturated rings. The fraction of sp³-hybridized carbons (Fsp3) is 0.133. The summed E-state index contributed by atoms with van der Waals surface area (Å²) in [5.41, 5.74) is 1.60. The van der Waals surface area contributed by atoms with Gasteiger partial charge in [-0.3, -0.25) is 9.59 Å². The molecule has 2 aromatic rings. The number of hydrogen-bond acceptors (Lipinski definition) is 4. The lowest BCUT2D eigenvalue weighted by Crippen LogP contribution is -2.16. The first kappa shape index (κ1) is 14.5. The van der Waals surface area contributed by atoms with Crippen molar-refractivity contribution < 1.29 is 9.90 Å². The molecule has 0 bridgehead atoms. The lowest BCUT2D eigenvalue weighted by atomic mass is 10.1. The first-order valence-corrected chi connectivity index (χ1v) is 6.17. The average Bonchev–Trinajstić information content (AvgIpc) is 2.47. The largest absolute Gasteiger partial charge is 0.384 e. The first-order chi connectivity index (χ1) is 10.1. The summed E-state index contributed by atoms with van der Waals surface area (Å²) in [5.74, 6) is 5.19. The van der Waals surface area contributed by atoms with E-state index in [0.717, 1.165) is 5.56 Å². The van der Waals surface area contributed by atoms with Gasteiger partial charge in [0.2, 0.25) is 0 Å². The van der Waals surface area contributed by atoms with Gasteiger partial charge < -0.3 is 10.4 Å². The Balaban J connectivity index is 2.24. The molecule has 0 aliphatic heterocycles. The summed E-state index contributed by atoms with van der Waals surface area (Å²) in [6.07, 6.45) is 0. The topological polar surface area (TPSA) is 95.1 Å². The molecule has 0 saturated heterocycles. The highest BCUT2D eigenvalue weighted by molar-refractivity contribution is 6.04. The molecule has 6 heteroatoms. The Morgan fingerprint density at radius 1 is 1.38 bits per heavy atom. The number of amides is 1. The smallest absolute Gasteiger partial charge is 0.264 e. The molecule has 1 amide bonds. The highest BCUT2D eigenvalue weighted by Gasteiger charge is 2.08. The van der Waals surface area contributed by atoms with Crippen LogP contribution in [0.25, 0.3) is 0 Å². The number of hydrogen-bond donors (Lipinski definition) is 3. The zero-order chi connectivity index (χ0) is 15.2. The summed E-state index contributed by atoms with van der Waals surface area (Å²) >= 11 is 0. The standard InChI is InChI=1S/C15H13N3O3/c1-10-7-11(3-2-6-19)9-12(8-10)15(21)16-13-4-5-14(20)18-17-13/h4-5,7-9,19H,6H2,1H3,(H,18,20)(H,16,17,21). The van der Waals surface area contributed by atoms with Crippen LogP contribution in [0.15, 0.2) is 35.1 Å². The zero-order valence-corrected chi connectivity index (χ0v) is 11.3. The maximum atomic E-state index is 12.1. The van der Waals surface area contributed by atoms with Gasteiger partial charge in [0, 0.05) is 17.2 Å².